The first-order valence-electron chi connectivity index (χ1n) is 29.7. The third kappa shape index (κ3) is 15.3. The van der Waals surface area contributed by atoms with Crippen molar-refractivity contribution in [2.45, 2.75) is 341 Å². The number of unbranched alkanes of at least 4 members (excludes halogenated alkanes) is 10. The lowest BCUT2D eigenvalue weighted by atomic mass is 9.47. The van der Waals surface area contributed by atoms with Gasteiger partial charge in [-0.05, 0) is 170 Å². The van der Waals surface area contributed by atoms with E-state index in [4.69, 9.17) is 18.9 Å². The van der Waals surface area contributed by atoms with Crippen molar-refractivity contribution in [3.8, 4) is 0 Å². The summed E-state index contributed by atoms with van der Waals surface area (Å²) in [7, 11) is 4.39. The topological polar surface area (TPSA) is 136 Å². The van der Waals surface area contributed by atoms with Gasteiger partial charge in [0.1, 0.15) is 24.4 Å². The maximum absolute atomic E-state index is 14.1. The van der Waals surface area contributed by atoms with Gasteiger partial charge in [0.05, 0.1) is 0 Å². The molecule has 4 heterocycles. The summed E-state index contributed by atoms with van der Waals surface area (Å²) in [6.07, 6.45) is 18.7. The SMILES string of the molecule is CN1C(C)(C)CC(OC(=O)CCCCCCCCC(=O)OC2CC(C)(C)N(C)C(C)(C)CC2(C)C23CC(OC(=O)CCCCCCCCC(=O)OC4CC(C)(C)NC(C)(C)C4)C(C2)C(C)(C)NC3(C)C)CC1(C)C. The molecule has 0 aromatic heterocycles. The molecule has 5 unspecified atom stereocenters. The third-order valence-electron chi connectivity index (χ3n) is 20.0. The van der Waals surface area contributed by atoms with E-state index in [-0.39, 0.29) is 104 Å². The fourth-order valence-electron chi connectivity index (χ4n) is 16.1. The summed E-state index contributed by atoms with van der Waals surface area (Å²) < 4.78 is 25.4. The molecule has 0 amide bonds. The van der Waals surface area contributed by atoms with Gasteiger partial charge in [-0.1, -0.05) is 58.3 Å². The molecule has 4 saturated heterocycles. The zero-order valence-corrected chi connectivity index (χ0v) is 51.0. The number of hydrogen-bond donors (Lipinski definition) is 2. The predicted molar refractivity (Wildman–Crippen MR) is 299 cm³/mol. The van der Waals surface area contributed by atoms with Crippen LogP contribution < -0.4 is 10.6 Å². The van der Waals surface area contributed by atoms with Gasteiger partial charge >= 0.3 is 23.9 Å². The van der Waals surface area contributed by atoms with Crippen LogP contribution in [0.1, 0.15) is 272 Å². The van der Waals surface area contributed by atoms with Crippen LogP contribution in [-0.4, -0.2) is 116 Å². The van der Waals surface area contributed by atoms with Crippen LogP contribution in [-0.2, 0) is 38.1 Å². The van der Waals surface area contributed by atoms with E-state index in [2.05, 4.69) is 152 Å². The number of likely N-dealkylation sites (tertiary alicyclic amines) is 2. The largest absolute Gasteiger partial charge is 0.462 e. The van der Waals surface area contributed by atoms with Gasteiger partial charge in [-0.2, -0.15) is 0 Å². The molecule has 12 nitrogen and oxygen atoms in total. The minimum absolute atomic E-state index is 0.0182. The van der Waals surface area contributed by atoms with Gasteiger partial charge in [0.15, 0.2) is 0 Å². The van der Waals surface area contributed by atoms with Crippen molar-refractivity contribution in [1.82, 2.24) is 20.4 Å². The summed E-state index contributed by atoms with van der Waals surface area (Å²) in [4.78, 5) is 58.4. The quantitative estimate of drug-likeness (QED) is 0.0573. The van der Waals surface area contributed by atoms with Crippen LogP contribution in [0.2, 0.25) is 0 Å². The molecule has 0 radical (unpaired) electrons. The van der Waals surface area contributed by atoms with E-state index in [1.54, 1.807) is 0 Å². The minimum Gasteiger partial charge on any atom is -0.462 e. The molecule has 1 saturated carbocycles. The maximum Gasteiger partial charge on any atom is 0.306 e. The lowest BCUT2D eigenvalue weighted by Crippen LogP contribution is -2.71. The van der Waals surface area contributed by atoms with Crippen molar-refractivity contribution < 1.29 is 38.1 Å². The first-order chi connectivity index (χ1) is 33.9. The Hall–Kier alpha value is -2.28. The first-order valence-corrected chi connectivity index (χ1v) is 29.7. The number of carbonyl (C=O) groups is 4. The van der Waals surface area contributed by atoms with Crippen molar-refractivity contribution in [1.29, 1.82) is 0 Å². The summed E-state index contributed by atoms with van der Waals surface area (Å²) in [6, 6.07) is 0. The fraction of sp³-hybridized carbons (Fsp3) is 0.935. The second-order valence-electron chi connectivity index (χ2n) is 29.9. The number of esters is 4. The Morgan fingerprint density at radius 1 is 0.419 bits per heavy atom. The first kappa shape index (κ1) is 62.6. The number of hydrogen-bond acceptors (Lipinski definition) is 12. The van der Waals surface area contributed by atoms with Gasteiger partial charge in [0, 0.05) is 119 Å². The Labute approximate surface area is 452 Å². The molecule has 1 aliphatic carbocycles. The zero-order chi connectivity index (χ0) is 55.6. The summed E-state index contributed by atoms with van der Waals surface area (Å²) >= 11 is 0. The Bertz CT molecular complexity index is 1890. The van der Waals surface area contributed by atoms with Crippen LogP contribution in [0.4, 0.5) is 0 Å². The average molecular weight is 1040 g/mol. The molecule has 5 aliphatic rings. The smallest absolute Gasteiger partial charge is 0.306 e. The molecule has 0 aromatic carbocycles. The lowest BCUT2D eigenvalue weighted by Gasteiger charge is -2.63. The highest BCUT2D eigenvalue weighted by molar-refractivity contribution is 5.71. The predicted octanol–water partition coefficient (Wildman–Crippen LogP) is 12.9. The van der Waals surface area contributed by atoms with Crippen LogP contribution in [0.15, 0.2) is 0 Å². The molecule has 5 atom stereocenters. The Morgan fingerprint density at radius 2 is 0.784 bits per heavy atom. The standard InChI is InChI=1S/C62H112N4O8/c1-53(2)36-44(37-54(3,4)63-53)71-49(67)32-28-24-20-22-26-30-34-51(69)73-47-41-62(40-46(47)59(13,14)64-60(62,15)16)61(17)43-58(11,12)66(19)57(9,10)42-48(61)74-52(70)35-31-27-23-21-25-29-33-50(68)72-45-38-55(5,6)65(18)56(7,8)39-45/h44-48,63-64H,20-43H2,1-19H3. The maximum atomic E-state index is 14.1. The van der Waals surface area contributed by atoms with Crippen molar-refractivity contribution in [2.75, 3.05) is 14.1 Å². The summed E-state index contributed by atoms with van der Waals surface area (Å²) in [5.41, 5.74) is -2.01. The zero-order valence-electron chi connectivity index (χ0n) is 51.0. The van der Waals surface area contributed by atoms with Crippen LogP contribution >= 0.6 is 0 Å². The normalized spacial score (nSPS) is 31.0. The number of ether oxygens (including phenoxy) is 4. The molecule has 2 N–H and O–H groups in total. The summed E-state index contributed by atoms with van der Waals surface area (Å²) in [5.74, 6) is -0.306. The number of rotatable bonds is 23. The van der Waals surface area contributed by atoms with Crippen LogP contribution in [0.25, 0.3) is 0 Å². The van der Waals surface area contributed by atoms with Crippen molar-refractivity contribution in [3.05, 3.63) is 0 Å². The molecule has 4 aliphatic heterocycles. The van der Waals surface area contributed by atoms with Crippen molar-refractivity contribution in [2.24, 2.45) is 16.7 Å². The fourth-order valence-corrected chi connectivity index (χ4v) is 16.1. The van der Waals surface area contributed by atoms with E-state index in [9.17, 15) is 19.2 Å². The van der Waals surface area contributed by atoms with E-state index < -0.39 is 5.41 Å². The van der Waals surface area contributed by atoms with Gasteiger partial charge in [0.2, 0.25) is 0 Å². The molecular weight excluding hydrogens is 929 g/mol. The molecule has 0 aromatic rings. The molecule has 0 spiro atoms. The van der Waals surface area contributed by atoms with Crippen LogP contribution in [0.5, 0.6) is 0 Å². The molecule has 5 rings (SSSR count). The van der Waals surface area contributed by atoms with Gasteiger partial charge in [-0.3, -0.25) is 29.0 Å². The van der Waals surface area contributed by atoms with Crippen LogP contribution in [0.3, 0.4) is 0 Å². The van der Waals surface area contributed by atoms with Crippen LogP contribution in [0, 0.1) is 16.7 Å². The highest BCUT2D eigenvalue weighted by Gasteiger charge is 2.72. The summed E-state index contributed by atoms with van der Waals surface area (Å²) in [6.45, 7) is 38.5. The van der Waals surface area contributed by atoms with E-state index in [0.717, 1.165) is 122 Å². The molecule has 2 bridgehead atoms. The average Bonchev–Trinajstić information content (AvgIpc) is 3.60. The Kier molecular flexibility index (Phi) is 19.9. The van der Waals surface area contributed by atoms with E-state index in [1.807, 2.05) is 0 Å². The molecule has 428 valence electrons. The van der Waals surface area contributed by atoms with Gasteiger partial charge in [-0.15, -0.1) is 0 Å². The van der Waals surface area contributed by atoms with Crippen molar-refractivity contribution in [3.63, 3.8) is 0 Å². The third-order valence-corrected chi connectivity index (χ3v) is 20.0. The number of nitrogens with zero attached hydrogens (tertiary/aromatic N) is 2. The molecular formula is C62H112N4O8. The van der Waals surface area contributed by atoms with Gasteiger partial charge in [0.25, 0.3) is 0 Å². The molecule has 12 heteroatoms. The Morgan fingerprint density at radius 3 is 1.23 bits per heavy atom. The van der Waals surface area contributed by atoms with Gasteiger partial charge in [-0.25, -0.2) is 0 Å². The van der Waals surface area contributed by atoms with E-state index >= 15 is 0 Å². The lowest BCUT2D eigenvalue weighted by molar-refractivity contribution is -0.180. The molecule has 74 heavy (non-hydrogen) atoms. The van der Waals surface area contributed by atoms with E-state index in [0.29, 0.717) is 32.1 Å². The monoisotopic (exact) mass is 1040 g/mol. The second kappa shape index (κ2) is 23.6. The number of piperidine rings is 3. The second-order valence-corrected chi connectivity index (χ2v) is 29.9. The number of carbonyl (C=O) groups excluding carboxylic acids is 4. The highest BCUT2D eigenvalue weighted by atomic mass is 16.6. The van der Waals surface area contributed by atoms with Gasteiger partial charge < -0.3 is 29.6 Å². The molecule has 5 fully saturated rings. The number of nitrogens with one attached hydrogen (secondary N) is 2. The minimum atomic E-state index is -0.445. The van der Waals surface area contributed by atoms with E-state index in [1.165, 1.54) is 0 Å². The number of fused-ring (bicyclic) bond motifs is 2. The Balaban J connectivity index is 1.11. The van der Waals surface area contributed by atoms with Crippen molar-refractivity contribution >= 4 is 23.9 Å². The summed E-state index contributed by atoms with van der Waals surface area (Å²) in [5, 5.41) is 7.77. The highest BCUT2D eigenvalue weighted by Crippen LogP contribution is 2.69.